The largest absolute Gasteiger partial charge is 0.344 e. The molecule has 1 aliphatic rings. The SMILES string of the molecule is NCC1(NC(=O)c2cccn2CC(F)F)CCCC1. The summed E-state index contributed by atoms with van der Waals surface area (Å²) in [5.74, 6) is -0.321. The second-order valence-electron chi connectivity index (χ2n) is 5.08. The van der Waals surface area contributed by atoms with Crippen LogP contribution in [0.5, 0.6) is 0 Å². The fourth-order valence-electron chi connectivity index (χ4n) is 2.66. The molecule has 0 aliphatic heterocycles. The summed E-state index contributed by atoms with van der Waals surface area (Å²) in [6, 6.07) is 3.15. The Bertz CT molecular complexity index is 439. The number of hydrogen-bond acceptors (Lipinski definition) is 2. The number of aromatic nitrogens is 1. The third kappa shape index (κ3) is 3.12. The number of nitrogens with zero attached hydrogens (tertiary/aromatic N) is 1. The molecule has 1 saturated carbocycles. The molecule has 1 amide bonds. The molecule has 0 aromatic carbocycles. The molecule has 4 nitrogen and oxygen atoms in total. The molecule has 1 heterocycles. The molecule has 1 aromatic rings. The van der Waals surface area contributed by atoms with Crippen molar-refractivity contribution in [3.05, 3.63) is 24.0 Å². The van der Waals surface area contributed by atoms with E-state index >= 15 is 0 Å². The lowest BCUT2D eigenvalue weighted by molar-refractivity contribution is 0.0881. The highest BCUT2D eigenvalue weighted by Gasteiger charge is 2.34. The van der Waals surface area contributed by atoms with Crippen LogP contribution in [0.1, 0.15) is 36.2 Å². The van der Waals surface area contributed by atoms with Gasteiger partial charge in [-0.05, 0) is 25.0 Å². The van der Waals surface area contributed by atoms with Crippen molar-refractivity contribution in [2.75, 3.05) is 6.54 Å². The van der Waals surface area contributed by atoms with Gasteiger partial charge >= 0.3 is 0 Å². The van der Waals surface area contributed by atoms with E-state index in [-0.39, 0.29) is 17.1 Å². The van der Waals surface area contributed by atoms with Crippen LogP contribution in [0.4, 0.5) is 8.78 Å². The van der Waals surface area contributed by atoms with Crippen LogP contribution in [-0.2, 0) is 6.54 Å². The van der Waals surface area contributed by atoms with Gasteiger partial charge in [-0.1, -0.05) is 12.8 Å². The Morgan fingerprint density at radius 2 is 2.16 bits per heavy atom. The number of carbonyl (C=O) groups excluding carboxylic acids is 1. The van der Waals surface area contributed by atoms with Crippen molar-refractivity contribution < 1.29 is 13.6 Å². The zero-order valence-electron chi connectivity index (χ0n) is 10.7. The average Bonchev–Trinajstić information content (AvgIpc) is 2.98. The summed E-state index contributed by atoms with van der Waals surface area (Å²) >= 11 is 0. The minimum absolute atomic E-state index is 0.264. The number of amides is 1. The quantitative estimate of drug-likeness (QED) is 0.857. The third-order valence-corrected chi connectivity index (χ3v) is 3.73. The molecule has 0 atom stereocenters. The van der Waals surface area contributed by atoms with Crippen molar-refractivity contribution in [2.24, 2.45) is 5.73 Å². The normalized spacial score (nSPS) is 17.9. The average molecular weight is 271 g/mol. The summed E-state index contributed by atoms with van der Waals surface area (Å²) in [5.41, 5.74) is 5.65. The maximum absolute atomic E-state index is 12.4. The number of nitrogens with one attached hydrogen (secondary N) is 1. The van der Waals surface area contributed by atoms with Gasteiger partial charge in [-0.3, -0.25) is 4.79 Å². The van der Waals surface area contributed by atoms with Crippen LogP contribution in [-0.4, -0.2) is 29.0 Å². The van der Waals surface area contributed by atoms with Gasteiger partial charge in [0.2, 0.25) is 0 Å². The van der Waals surface area contributed by atoms with E-state index in [2.05, 4.69) is 5.32 Å². The van der Waals surface area contributed by atoms with E-state index in [1.54, 1.807) is 12.1 Å². The van der Waals surface area contributed by atoms with Gasteiger partial charge in [-0.2, -0.15) is 0 Å². The topological polar surface area (TPSA) is 60.0 Å². The maximum Gasteiger partial charge on any atom is 0.268 e. The highest BCUT2D eigenvalue weighted by Crippen LogP contribution is 2.29. The first-order chi connectivity index (χ1) is 9.06. The van der Waals surface area contributed by atoms with E-state index in [0.717, 1.165) is 25.7 Å². The number of nitrogens with two attached hydrogens (primary N) is 1. The zero-order chi connectivity index (χ0) is 13.9. The Hall–Kier alpha value is -1.43. The molecule has 2 rings (SSSR count). The molecule has 1 aliphatic carbocycles. The Morgan fingerprint density at radius 3 is 2.74 bits per heavy atom. The van der Waals surface area contributed by atoms with Crippen molar-refractivity contribution in [1.29, 1.82) is 0 Å². The molecule has 0 bridgehead atoms. The minimum atomic E-state index is -2.48. The van der Waals surface area contributed by atoms with Crippen LogP contribution in [0.3, 0.4) is 0 Å². The summed E-state index contributed by atoms with van der Waals surface area (Å²) in [5, 5.41) is 2.93. The van der Waals surface area contributed by atoms with Crippen LogP contribution in [0, 0.1) is 0 Å². The summed E-state index contributed by atoms with van der Waals surface area (Å²) in [4.78, 5) is 12.2. The minimum Gasteiger partial charge on any atom is -0.344 e. The Balaban J connectivity index is 2.09. The third-order valence-electron chi connectivity index (χ3n) is 3.73. The first kappa shape index (κ1) is 14.0. The predicted molar refractivity (Wildman–Crippen MR) is 68.2 cm³/mol. The first-order valence-corrected chi connectivity index (χ1v) is 6.52. The Morgan fingerprint density at radius 1 is 1.47 bits per heavy atom. The van der Waals surface area contributed by atoms with E-state index in [1.165, 1.54) is 10.8 Å². The predicted octanol–water partition coefficient (Wildman–Crippen LogP) is 1.75. The van der Waals surface area contributed by atoms with Crippen LogP contribution in [0.2, 0.25) is 0 Å². The van der Waals surface area contributed by atoms with Crippen LogP contribution < -0.4 is 11.1 Å². The van der Waals surface area contributed by atoms with E-state index in [1.807, 2.05) is 0 Å². The molecule has 0 unspecified atom stereocenters. The van der Waals surface area contributed by atoms with Crippen molar-refractivity contribution in [2.45, 2.75) is 44.2 Å². The van der Waals surface area contributed by atoms with E-state index < -0.39 is 13.0 Å². The highest BCUT2D eigenvalue weighted by atomic mass is 19.3. The van der Waals surface area contributed by atoms with Crippen molar-refractivity contribution in [1.82, 2.24) is 9.88 Å². The summed E-state index contributed by atoms with van der Waals surface area (Å²) in [6.07, 6.45) is 2.79. The highest BCUT2D eigenvalue weighted by molar-refractivity contribution is 5.93. The molecule has 106 valence electrons. The van der Waals surface area contributed by atoms with Gasteiger partial charge in [-0.15, -0.1) is 0 Å². The molecular weight excluding hydrogens is 252 g/mol. The lowest BCUT2D eigenvalue weighted by atomic mass is 9.97. The van der Waals surface area contributed by atoms with Crippen LogP contribution in [0.25, 0.3) is 0 Å². The van der Waals surface area contributed by atoms with Crippen molar-refractivity contribution in [3.8, 4) is 0 Å². The maximum atomic E-state index is 12.4. The second-order valence-corrected chi connectivity index (χ2v) is 5.08. The van der Waals surface area contributed by atoms with Crippen molar-refractivity contribution in [3.63, 3.8) is 0 Å². The van der Waals surface area contributed by atoms with Crippen molar-refractivity contribution >= 4 is 5.91 Å². The Kier molecular flexibility index (Phi) is 4.19. The monoisotopic (exact) mass is 271 g/mol. The number of hydrogen-bond donors (Lipinski definition) is 2. The van der Waals surface area contributed by atoms with Gasteiger partial charge in [0.05, 0.1) is 12.1 Å². The van der Waals surface area contributed by atoms with Crippen LogP contribution in [0.15, 0.2) is 18.3 Å². The van der Waals surface area contributed by atoms with Gasteiger partial charge in [0.25, 0.3) is 12.3 Å². The summed E-state index contributed by atoms with van der Waals surface area (Å²) in [7, 11) is 0. The molecule has 0 radical (unpaired) electrons. The summed E-state index contributed by atoms with van der Waals surface area (Å²) < 4.78 is 26.1. The molecule has 0 saturated heterocycles. The molecular formula is C13H19F2N3O. The lowest BCUT2D eigenvalue weighted by Crippen LogP contribution is -2.52. The lowest BCUT2D eigenvalue weighted by Gasteiger charge is -2.28. The number of alkyl halides is 2. The standard InChI is InChI=1S/C13H19F2N3O/c14-11(15)8-18-7-3-4-10(18)12(19)17-13(9-16)5-1-2-6-13/h3-4,7,11H,1-2,5-6,8-9,16H2,(H,17,19). The number of rotatable bonds is 5. The van der Waals surface area contributed by atoms with Gasteiger partial charge in [-0.25, -0.2) is 8.78 Å². The fourth-order valence-corrected chi connectivity index (χ4v) is 2.66. The molecule has 6 heteroatoms. The van der Waals surface area contributed by atoms with Gasteiger partial charge < -0.3 is 15.6 Å². The van der Waals surface area contributed by atoms with Gasteiger partial charge in [0, 0.05) is 12.7 Å². The molecule has 1 fully saturated rings. The van der Waals surface area contributed by atoms with Gasteiger partial charge in [0.15, 0.2) is 0 Å². The van der Waals surface area contributed by atoms with Crippen LogP contribution >= 0.6 is 0 Å². The molecule has 0 spiro atoms. The Labute approximate surface area is 111 Å². The molecule has 3 N–H and O–H groups in total. The van der Waals surface area contributed by atoms with E-state index in [0.29, 0.717) is 6.54 Å². The smallest absolute Gasteiger partial charge is 0.268 e. The molecule has 19 heavy (non-hydrogen) atoms. The number of halogens is 2. The molecule has 1 aromatic heterocycles. The fraction of sp³-hybridized carbons (Fsp3) is 0.615. The second kappa shape index (κ2) is 5.69. The first-order valence-electron chi connectivity index (χ1n) is 6.52. The number of carbonyl (C=O) groups is 1. The van der Waals surface area contributed by atoms with E-state index in [9.17, 15) is 13.6 Å². The zero-order valence-corrected chi connectivity index (χ0v) is 10.7. The van der Waals surface area contributed by atoms with Gasteiger partial charge in [0.1, 0.15) is 5.69 Å². The van der Waals surface area contributed by atoms with E-state index in [4.69, 9.17) is 5.73 Å². The summed E-state index contributed by atoms with van der Waals surface area (Å²) in [6.45, 7) is -0.0837.